The molecule has 0 unspecified atom stereocenters. The van der Waals surface area contributed by atoms with Crippen LogP contribution in [0, 0.1) is 0 Å². The zero-order chi connectivity index (χ0) is 22.1. The fourth-order valence-corrected chi connectivity index (χ4v) is 3.90. The molecule has 1 aromatic heterocycles. The van der Waals surface area contributed by atoms with Gasteiger partial charge in [0, 0.05) is 18.1 Å². The molecule has 0 aliphatic carbocycles. The van der Waals surface area contributed by atoms with Crippen molar-refractivity contribution in [1.82, 2.24) is 4.90 Å². The maximum atomic E-state index is 13.1. The van der Waals surface area contributed by atoms with Crippen LogP contribution >= 0.6 is 11.6 Å². The summed E-state index contributed by atoms with van der Waals surface area (Å²) in [5, 5.41) is 1.14. The van der Waals surface area contributed by atoms with E-state index < -0.39 is 0 Å². The lowest BCUT2D eigenvalue weighted by Crippen LogP contribution is -2.31. The number of ether oxygens (including phenoxy) is 3. The van der Waals surface area contributed by atoms with Gasteiger partial charge in [-0.3, -0.25) is 9.69 Å². The van der Waals surface area contributed by atoms with E-state index in [1.165, 1.54) is 6.26 Å². The van der Waals surface area contributed by atoms with Crippen LogP contribution in [0.4, 0.5) is 0 Å². The molecular weight excluding hydrogens is 430 g/mol. The summed E-state index contributed by atoms with van der Waals surface area (Å²) in [5.74, 6) is 1.78. The zero-order valence-corrected chi connectivity index (χ0v) is 18.1. The summed E-state index contributed by atoms with van der Waals surface area (Å²) in [6, 6.07) is 18.4. The Morgan fingerprint density at radius 2 is 1.78 bits per heavy atom. The Bertz CT molecular complexity index is 1330. The van der Waals surface area contributed by atoms with E-state index in [1.807, 2.05) is 36.4 Å². The number of rotatable bonds is 5. The molecule has 0 bridgehead atoms. The Hall–Kier alpha value is -3.48. The van der Waals surface area contributed by atoms with E-state index in [0.29, 0.717) is 53.1 Å². The summed E-state index contributed by atoms with van der Waals surface area (Å²) in [6.45, 7) is 1.72. The van der Waals surface area contributed by atoms with Crippen molar-refractivity contribution < 1.29 is 18.6 Å². The molecule has 0 N–H and O–H groups in total. The van der Waals surface area contributed by atoms with Crippen LogP contribution < -0.4 is 19.6 Å². The van der Waals surface area contributed by atoms with Crippen molar-refractivity contribution >= 4 is 22.6 Å². The SMILES string of the molecule is COc1ccccc1Oc1coc2c3c(ccc2c1=O)OCN(Cc1ccc(Cl)cc1)C3. The molecule has 0 spiro atoms. The van der Waals surface area contributed by atoms with Gasteiger partial charge in [0.25, 0.3) is 0 Å². The number of nitrogens with zero attached hydrogens (tertiary/aromatic N) is 1. The van der Waals surface area contributed by atoms with Crippen LogP contribution in [0.2, 0.25) is 5.02 Å². The van der Waals surface area contributed by atoms with Gasteiger partial charge in [0.1, 0.15) is 24.3 Å². The zero-order valence-electron chi connectivity index (χ0n) is 17.3. The van der Waals surface area contributed by atoms with E-state index in [0.717, 1.165) is 11.1 Å². The summed E-state index contributed by atoms with van der Waals surface area (Å²) < 4.78 is 22.9. The van der Waals surface area contributed by atoms with Crippen molar-refractivity contribution in [2.75, 3.05) is 13.8 Å². The Kier molecular flexibility index (Phi) is 5.47. The first-order valence-corrected chi connectivity index (χ1v) is 10.5. The number of hydrogen-bond acceptors (Lipinski definition) is 6. The highest BCUT2D eigenvalue weighted by atomic mass is 35.5. The average Bonchev–Trinajstić information content (AvgIpc) is 2.82. The molecule has 3 aromatic carbocycles. The molecule has 1 aliphatic heterocycles. The first-order chi connectivity index (χ1) is 15.6. The van der Waals surface area contributed by atoms with Crippen LogP contribution in [0.5, 0.6) is 23.0 Å². The maximum Gasteiger partial charge on any atom is 0.235 e. The molecule has 0 atom stereocenters. The van der Waals surface area contributed by atoms with Gasteiger partial charge in [-0.1, -0.05) is 35.9 Å². The van der Waals surface area contributed by atoms with E-state index in [9.17, 15) is 4.79 Å². The third-order valence-corrected chi connectivity index (χ3v) is 5.61. The molecule has 0 fully saturated rings. The van der Waals surface area contributed by atoms with E-state index >= 15 is 0 Å². The number of hydrogen-bond donors (Lipinski definition) is 0. The normalized spacial score (nSPS) is 13.4. The third-order valence-electron chi connectivity index (χ3n) is 5.36. The molecule has 0 amide bonds. The second-order valence-electron chi connectivity index (χ2n) is 7.49. The molecule has 0 saturated carbocycles. The quantitative estimate of drug-likeness (QED) is 0.395. The van der Waals surface area contributed by atoms with Crippen LogP contribution in [-0.4, -0.2) is 18.7 Å². The highest BCUT2D eigenvalue weighted by Gasteiger charge is 2.23. The third kappa shape index (κ3) is 3.90. The summed E-state index contributed by atoms with van der Waals surface area (Å²) in [4.78, 5) is 15.3. The van der Waals surface area contributed by atoms with E-state index in [-0.39, 0.29) is 11.2 Å². The van der Waals surface area contributed by atoms with Gasteiger partial charge in [-0.2, -0.15) is 0 Å². The van der Waals surface area contributed by atoms with E-state index in [1.54, 1.807) is 31.4 Å². The van der Waals surface area contributed by atoms with Crippen molar-refractivity contribution in [3.05, 3.63) is 93.3 Å². The first kappa shape index (κ1) is 20.4. The van der Waals surface area contributed by atoms with Gasteiger partial charge in [-0.05, 0) is 42.0 Å². The largest absolute Gasteiger partial charge is 0.493 e. The van der Waals surface area contributed by atoms with Crippen molar-refractivity contribution in [3.63, 3.8) is 0 Å². The molecule has 1 aliphatic rings. The van der Waals surface area contributed by atoms with Crippen molar-refractivity contribution in [1.29, 1.82) is 0 Å². The standard InChI is InChI=1S/C25H20ClNO5/c1-29-21-4-2-3-5-22(21)32-23-14-30-25-18(24(23)28)10-11-20-19(25)13-27(15-31-20)12-16-6-8-17(26)9-7-16/h2-11,14H,12-13,15H2,1H3. The maximum absolute atomic E-state index is 13.1. The minimum Gasteiger partial charge on any atom is -0.493 e. The molecule has 0 saturated heterocycles. The molecular formula is C25H20ClNO5. The van der Waals surface area contributed by atoms with Crippen LogP contribution in [-0.2, 0) is 13.1 Å². The fraction of sp³-hybridized carbons (Fsp3) is 0.160. The second-order valence-corrected chi connectivity index (χ2v) is 7.92. The molecule has 5 rings (SSSR count). The molecule has 0 radical (unpaired) electrons. The van der Waals surface area contributed by atoms with Gasteiger partial charge in [-0.15, -0.1) is 0 Å². The Morgan fingerprint density at radius 1 is 1.00 bits per heavy atom. The highest BCUT2D eigenvalue weighted by Crippen LogP contribution is 2.34. The molecule has 4 aromatic rings. The minimum absolute atomic E-state index is 0.0942. The molecule has 6 nitrogen and oxygen atoms in total. The van der Waals surface area contributed by atoms with Gasteiger partial charge in [0.2, 0.25) is 11.2 Å². The topological polar surface area (TPSA) is 61.1 Å². The minimum atomic E-state index is -0.255. The lowest BCUT2D eigenvalue weighted by Gasteiger charge is -2.29. The monoisotopic (exact) mass is 449 g/mol. The Morgan fingerprint density at radius 3 is 2.56 bits per heavy atom. The van der Waals surface area contributed by atoms with Gasteiger partial charge in [0.05, 0.1) is 18.1 Å². The number of benzene rings is 3. The van der Waals surface area contributed by atoms with Crippen LogP contribution in [0.1, 0.15) is 11.1 Å². The molecule has 32 heavy (non-hydrogen) atoms. The number of methoxy groups -OCH3 is 1. The van der Waals surface area contributed by atoms with Gasteiger partial charge in [0.15, 0.2) is 11.5 Å². The summed E-state index contributed by atoms with van der Waals surface area (Å²) in [6.07, 6.45) is 1.34. The van der Waals surface area contributed by atoms with Crippen LogP contribution in [0.3, 0.4) is 0 Å². The van der Waals surface area contributed by atoms with E-state index in [2.05, 4.69) is 4.90 Å². The van der Waals surface area contributed by atoms with E-state index in [4.69, 9.17) is 30.2 Å². The summed E-state index contributed by atoms with van der Waals surface area (Å²) in [7, 11) is 1.55. The molecule has 7 heteroatoms. The number of para-hydroxylation sites is 2. The summed E-state index contributed by atoms with van der Waals surface area (Å²) in [5.41, 5.74) is 2.20. The van der Waals surface area contributed by atoms with Crippen LogP contribution in [0.25, 0.3) is 11.0 Å². The van der Waals surface area contributed by atoms with Gasteiger partial charge in [-0.25, -0.2) is 0 Å². The fourth-order valence-electron chi connectivity index (χ4n) is 3.78. The Balaban J connectivity index is 1.46. The predicted octanol–water partition coefficient (Wildman–Crippen LogP) is 5.60. The molecule has 2 heterocycles. The number of halogens is 1. The van der Waals surface area contributed by atoms with Crippen molar-refractivity contribution in [2.24, 2.45) is 0 Å². The summed E-state index contributed by atoms with van der Waals surface area (Å²) >= 11 is 5.98. The molecule has 162 valence electrons. The highest BCUT2D eigenvalue weighted by molar-refractivity contribution is 6.30. The predicted molar refractivity (Wildman–Crippen MR) is 122 cm³/mol. The first-order valence-electron chi connectivity index (χ1n) is 10.1. The number of fused-ring (bicyclic) bond motifs is 3. The van der Waals surface area contributed by atoms with Crippen molar-refractivity contribution in [3.8, 4) is 23.0 Å². The van der Waals surface area contributed by atoms with Crippen LogP contribution in [0.15, 0.2) is 76.1 Å². The van der Waals surface area contributed by atoms with Gasteiger partial charge < -0.3 is 18.6 Å². The smallest absolute Gasteiger partial charge is 0.235 e. The second kappa shape index (κ2) is 8.57. The lowest BCUT2D eigenvalue weighted by atomic mass is 10.1. The lowest BCUT2D eigenvalue weighted by molar-refractivity contribution is 0.0890. The average molecular weight is 450 g/mol. The Labute approximate surface area is 189 Å². The van der Waals surface area contributed by atoms with Gasteiger partial charge >= 0.3 is 0 Å². The van der Waals surface area contributed by atoms with Crippen molar-refractivity contribution in [2.45, 2.75) is 13.1 Å².